The minimum absolute atomic E-state index is 0.0258. The van der Waals surface area contributed by atoms with Crippen LogP contribution in [0.5, 0.6) is 0 Å². The van der Waals surface area contributed by atoms with E-state index < -0.39 is 11.8 Å². The third kappa shape index (κ3) is 3.76. The average Bonchev–Trinajstić information content (AvgIpc) is 2.54. The van der Waals surface area contributed by atoms with Gasteiger partial charge in [-0.15, -0.1) is 0 Å². The molecule has 0 unspecified atom stereocenters. The number of pyridine rings is 1. The van der Waals surface area contributed by atoms with Crippen molar-refractivity contribution in [3.63, 3.8) is 0 Å². The van der Waals surface area contributed by atoms with Gasteiger partial charge < -0.3 is 10.6 Å². The van der Waals surface area contributed by atoms with E-state index in [1.54, 1.807) is 24.5 Å². The van der Waals surface area contributed by atoms with E-state index in [2.05, 4.69) is 36.4 Å². The van der Waals surface area contributed by atoms with Gasteiger partial charge in [0.1, 0.15) is 5.82 Å². The molecule has 0 saturated carbocycles. The van der Waals surface area contributed by atoms with Crippen LogP contribution in [0, 0.1) is 5.82 Å². The molecule has 2 amide bonds. The molecule has 3 rings (SSSR count). The number of nitrogens with zero attached hydrogens (tertiary/aromatic N) is 1. The summed E-state index contributed by atoms with van der Waals surface area (Å²) >= 11 is 0. The number of carbonyl (C=O) groups excluding carboxylic acids is 1. The van der Waals surface area contributed by atoms with E-state index in [0.29, 0.717) is 11.4 Å². The maximum atomic E-state index is 13.2. The van der Waals surface area contributed by atoms with Gasteiger partial charge in [-0.3, -0.25) is 4.98 Å². The average molecular weight is 337 g/mol. The fraction of sp³-hybridized carbons (Fsp3) is 0.200. The predicted octanol–water partition coefficient (Wildman–Crippen LogP) is 5.32. The Labute approximate surface area is 146 Å². The Kier molecular flexibility index (Phi) is 4.40. The summed E-state index contributed by atoms with van der Waals surface area (Å²) in [6.07, 6.45) is 3.48. The number of aromatic nitrogens is 1. The van der Waals surface area contributed by atoms with Crippen LogP contribution in [0.1, 0.15) is 26.3 Å². The number of benzene rings is 2. The number of urea groups is 1. The highest BCUT2D eigenvalue weighted by atomic mass is 19.1. The van der Waals surface area contributed by atoms with Crippen molar-refractivity contribution in [3.05, 3.63) is 66.2 Å². The van der Waals surface area contributed by atoms with E-state index in [0.717, 1.165) is 10.8 Å². The number of carbonyl (C=O) groups is 1. The van der Waals surface area contributed by atoms with Crippen molar-refractivity contribution in [2.24, 2.45) is 0 Å². The maximum Gasteiger partial charge on any atom is 0.323 e. The topological polar surface area (TPSA) is 54.0 Å². The Morgan fingerprint density at radius 2 is 1.84 bits per heavy atom. The number of rotatable bonds is 2. The molecule has 2 N–H and O–H groups in total. The van der Waals surface area contributed by atoms with E-state index in [9.17, 15) is 9.18 Å². The molecule has 0 bridgehead atoms. The lowest BCUT2D eigenvalue weighted by atomic mass is 9.84. The molecule has 5 heteroatoms. The summed E-state index contributed by atoms with van der Waals surface area (Å²) in [4.78, 5) is 16.4. The second kappa shape index (κ2) is 6.51. The fourth-order valence-corrected chi connectivity index (χ4v) is 2.80. The third-order valence-corrected chi connectivity index (χ3v) is 3.96. The van der Waals surface area contributed by atoms with Crippen LogP contribution in [0.3, 0.4) is 0 Å². The maximum absolute atomic E-state index is 13.2. The predicted molar refractivity (Wildman–Crippen MR) is 99.5 cm³/mol. The van der Waals surface area contributed by atoms with Crippen LogP contribution < -0.4 is 10.6 Å². The molecule has 128 valence electrons. The van der Waals surface area contributed by atoms with Crippen LogP contribution in [0.2, 0.25) is 0 Å². The monoisotopic (exact) mass is 337 g/mol. The molecule has 1 heterocycles. The normalized spacial score (nSPS) is 11.4. The van der Waals surface area contributed by atoms with Crippen molar-refractivity contribution < 1.29 is 9.18 Å². The summed E-state index contributed by atoms with van der Waals surface area (Å²) in [5.74, 6) is -0.401. The van der Waals surface area contributed by atoms with Gasteiger partial charge in [-0.05, 0) is 46.7 Å². The number of hydrogen-bond acceptors (Lipinski definition) is 2. The van der Waals surface area contributed by atoms with Gasteiger partial charge in [-0.1, -0.05) is 32.9 Å². The Morgan fingerprint density at radius 1 is 1.04 bits per heavy atom. The van der Waals surface area contributed by atoms with Crippen molar-refractivity contribution in [3.8, 4) is 0 Å². The van der Waals surface area contributed by atoms with E-state index in [1.165, 1.54) is 17.7 Å². The smallest absolute Gasteiger partial charge is 0.308 e. The Morgan fingerprint density at radius 3 is 2.56 bits per heavy atom. The number of fused-ring (bicyclic) bond motifs is 1. The highest BCUT2D eigenvalue weighted by molar-refractivity contribution is 6.06. The summed E-state index contributed by atoms with van der Waals surface area (Å²) in [6, 6.07) is 11.2. The summed E-state index contributed by atoms with van der Waals surface area (Å²) in [6.45, 7) is 6.43. The second-order valence-corrected chi connectivity index (χ2v) is 6.92. The van der Waals surface area contributed by atoms with Crippen molar-refractivity contribution in [1.29, 1.82) is 0 Å². The first-order valence-electron chi connectivity index (χ1n) is 8.05. The molecular formula is C20H20FN3O. The van der Waals surface area contributed by atoms with Crippen molar-refractivity contribution in [2.75, 3.05) is 10.6 Å². The molecule has 0 aliphatic heterocycles. The third-order valence-electron chi connectivity index (χ3n) is 3.96. The van der Waals surface area contributed by atoms with Gasteiger partial charge in [0.25, 0.3) is 0 Å². The molecule has 0 fully saturated rings. The minimum atomic E-state index is -0.431. The quantitative estimate of drug-likeness (QED) is 0.665. The molecule has 4 nitrogen and oxygen atoms in total. The molecule has 0 atom stereocenters. The zero-order chi connectivity index (χ0) is 18.0. The van der Waals surface area contributed by atoms with Crippen molar-refractivity contribution >= 4 is 28.2 Å². The van der Waals surface area contributed by atoms with Gasteiger partial charge in [0.2, 0.25) is 0 Å². The van der Waals surface area contributed by atoms with Crippen LogP contribution in [0.25, 0.3) is 10.8 Å². The molecule has 3 aromatic rings. The lowest BCUT2D eigenvalue weighted by Crippen LogP contribution is -2.20. The van der Waals surface area contributed by atoms with E-state index in [-0.39, 0.29) is 5.41 Å². The number of nitrogens with one attached hydrogen (secondary N) is 2. The van der Waals surface area contributed by atoms with Crippen LogP contribution in [0.4, 0.5) is 20.6 Å². The first kappa shape index (κ1) is 16.9. The molecule has 0 aliphatic rings. The highest BCUT2D eigenvalue weighted by Crippen LogP contribution is 2.33. The van der Waals surface area contributed by atoms with E-state index in [1.807, 2.05) is 18.2 Å². The molecule has 1 aromatic heterocycles. The lowest BCUT2D eigenvalue weighted by molar-refractivity contribution is 0.262. The molecule has 25 heavy (non-hydrogen) atoms. The highest BCUT2D eigenvalue weighted by Gasteiger charge is 2.18. The minimum Gasteiger partial charge on any atom is -0.308 e. The van der Waals surface area contributed by atoms with Gasteiger partial charge in [0.05, 0.1) is 5.69 Å². The number of amides is 2. The largest absolute Gasteiger partial charge is 0.323 e. The SMILES string of the molecule is CC(C)(C)c1ccc(NC(=O)Nc2cccc(F)c2)c2cnccc12. The molecule has 0 saturated heterocycles. The van der Waals surface area contributed by atoms with Gasteiger partial charge in [0.15, 0.2) is 0 Å². The Balaban J connectivity index is 1.90. The zero-order valence-electron chi connectivity index (χ0n) is 14.4. The molecular weight excluding hydrogens is 317 g/mol. The van der Waals surface area contributed by atoms with Crippen molar-refractivity contribution in [2.45, 2.75) is 26.2 Å². The van der Waals surface area contributed by atoms with Crippen molar-refractivity contribution in [1.82, 2.24) is 4.98 Å². The summed E-state index contributed by atoms with van der Waals surface area (Å²) in [5, 5.41) is 7.36. The van der Waals surface area contributed by atoms with Gasteiger partial charge in [-0.25, -0.2) is 9.18 Å². The van der Waals surface area contributed by atoms with Crippen LogP contribution in [0.15, 0.2) is 54.9 Å². The van der Waals surface area contributed by atoms with E-state index in [4.69, 9.17) is 0 Å². The molecule has 0 spiro atoms. The molecule has 2 aromatic carbocycles. The van der Waals surface area contributed by atoms with Gasteiger partial charge in [-0.2, -0.15) is 0 Å². The van der Waals surface area contributed by atoms with Crippen LogP contribution >= 0.6 is 0 Å². The fourth-order valence-electron chi connectivity index (χ4n) is 2.80. The molecule has 0 radical (unpaired) electrons. The van der Waals surface area contributed by atoms with Crippen LogP contribution in [-0.4, -0.2) is 11.0 Å². The second-order valence-electron chi connectivity index (χ2n) is 6.92. The summed E-state index contributed by atoms with van der Waals surface area (Å²) in [7, 11) is 0. The summed E-state index contributed by atoms with van der Waals surface area (Å²) in [5.41, 5.74) is 2.21. The zero-order valence-corrected chi connectivity index (χ0v) is 14.4. The Hall–Kier alpha value is -2.95. The Bertz CT molecular complexity index is 932. The standard InChI is InChI=1S/C20H20FN3O/c1-20(2,3)17-7-8-18(16-12-22-10-9-15(16)17)24-19(25)23-14-6-4-5-13(21)11-14/h4-12H,1-3H3,(H2,23,24,25). The van der Waals surface area contributed by atoms with Gasteiger partial charge >= 0.3 is 6.03 Å². The first-order valence-corrected chi connectivity index (χ1v) is 8.05. The number of anilines is 2. The lowest BCUT2D eigenvalue weighted by Gasteiger charge is -2.22. The first-order chi connectivity index (χ1) is 11.8. The number of halogens is 1. The number of hydrogen-bond donors (Lipinski definition) is 2. The van der Waals surface area contributed by atoms with Crippen LogP contribution in [-0.2, 0) is 5.41 Å². The van der Waals surface area contributed by atoms with E-state index >= 15 is 0 Å². The molecule has 0 aliphatic carbocycles. The summed E-state index contributed by atoms with van der Waals surface area (Å²) < 4.78 is 13.2. The van der Waals surface area contributed by atoms with Gasteiger partial charge in [0, 0.05) is 23.5 Å².